The van der Waals surface area contributed by atoms with Gasteiger partial charge in [-0.15, -0.1) is 0 Å². The van der Waals surface area contributed by atoms with E-state index in [1.54, 1.807) is 6.20 Å². The van der Waals surface area contributed by atoms with Gasteiger partial charge in [0.25, 0.3) is 0 Å². The third-order valence-corrected chi connectivity index (χ3v) is 2.89. The molecule has 0 bridgehead atoms. The van der Waals surface area contributed by atoms with Gasteiger partial charge in [0.2, 0.25) is 0 Å². The van der Waals surface area contributed by atoms with Crippen molar-refractivity contribution in [2.45, 2.75) is 19.9 Å². The molecule has 2 heterocycles. The molecule has 17 heavy (non-hydrogen) atoms. The zero-order valence-electron chi connectivity index (χ0n) is 10.6. The minimum absolute atomic E-state index is 0.381. The van der Waals surface area contributed by atoms with Gasteiger partial charge in [0, 0.05) is 25.7 Å². The fraction of sp³-hybridized carbons (Fsp3) is 0.750. The van der Waals surface area contributed by atoms with Crippen LogP contribution < -0.4 is 4.74 Å². The second-order valence-corrected chi connectivity index (χ2v) is 4.55. The zero-order valence-corrected chi connectivity index (χ0v) is 10.6. The minimum atomic E-state index is 0.381. The van der Waals surface area contributed by atoms with Crippen LogP contribution in [0.4, 0.5) is 0 Å². The summed E-state index contributed by atoms with van der Waals surface area (Å²) in [6.07, 6.45) is 3.73. The fourth-order valence-corrected chi connectivity index (χ4v) is 1.79. The molecule has 0 radical (unpaired) electrons. The summed E-state index contributed by atoms with van der Waals surface area (Å²) in [5.74, 6) is 0.854. The van der Waals surface area contributed by atoms with Crippen LogP contribution in [-0.2, 0) is 4.74 Å². The highest BCUT2D eigenvalue weighted by Crippen LogP contribution is 2.12. The van der Waals surface area contributed by atoms with E-state index in [0.717, 1.165) is 38.6 Å². The van der Waals surface area contributed by atoms with Crippen molar-refractivity contribution >= 4 is 0 Å². The lowest BCUT2D eigenvalue weighted by Crippen LogP contribution is -2.38. The van der Waals surface area contributed by atoms with Crippen LogP contribution >= 0.6 is 0 Å². The molecule has 1 aromatic rings. The Kier molecular flexibility index (Phi) is 4.39. The van der Waals surface area contributed by atoms with E-state index < -0.39 is 0 Å². The number of hydrogen-bond donors (Lipinski definition) is 0. The first-order valence-electron chi connectivity index (χ1n) is 6.23. The molecule has 0 unspecified atom stereocenters. The summed E-state index contributed by atoms with van der Waals surface area (Å²) in [7, 11) is 0. The van der Waals surface area contributed by atoms with Crippen LogP contribution in [0.15, 0.2) is 12.4 Å². The van der Waals surface area contributed by atoms with Crippen molar-refractivity contribution in [2.75, 3.05) is 39.5 Å². The Morgan fingerprint density at radius 1 is 1.41 bits per heavy atom. The number of ether oxygens (including phenoxy) is 2. The first kappa shape index (κ1) is 12.4. The van der Waals surface area contributed by atoms with Crippen molar-refractivity contribution in [1.82, 2.24) is 14.7 Å². The van der Waals surface area contributed by atoms with Crippen LogP contribution in [0.2, 0.25) is 0 Å². The van der Waals surface area contributed by atoms with E-state index >= 15 is 0 Å². The maximum atomic E-state index is 5.67. The quantitative estimate of drug-likeness (QED) is 0.773. The van der Waals surface area contributed by atoms with Crippen molar-refractivity contribution in [3.05, 3.63) is 12.4 Å². The number of nitrogens with zero attached hydrogens (tertiary/aromatic N) is 3. The summed E-state index contributed by atoms with van der Waals surface area (Å²) in [5.41, 5.74) is 0. The molecule has 0 aromatic carbocycles. The predicted octanol–water partition coefficient (Wildman–Crippen LogP) is 1.17. The van der Waals surface area contributed by atoms with Crippen LogP contribution in [-0.4, -0.2) is 54.1 Å². The molecular weight excluding hydrogens is 218 g/mol. The van der Waals surface area contributed by atoms with Gasteiger partial charge in [0.15, 0.2) is 5.75 Å². The lowest BCUT2D eigenvalue weighted by Gasteiger charge is -2.26. The highest BCUT2D eigenvalue weighted by atomic mass is 16.5. The van der Waals surface area contributed by atoms with E-state index in [-0.39, 0.29) is 0 Å². The Hall–Kier alpha value is -1.07. The average molecular weight is 239 g/mol. The molecule has 1 aliphatic heterocycles. The monoisotopic (exact) mass is 239 g/mol. The van der Waals surface area contributed by atoms with Crippen LogP contribution in [0.3, 0.4) is 0 Å². The van der Waals surface area contributed by atoms with Gasteiger partial charge >= 0.3 is 0 Å². The van der Waals surface area contributed by atoms with Crippen molar-refractivity contribution < 1.29 is 9.47 Å². The first-order valence-corrected chi connectivity index (χ1v) is 6.23. The number of morpholine rings is 1. The summed E-state index contributed by atoms with van der Waals surface area (Å²) < 4.78 is 12.9. The number of hydrogen-bond acceptors (Lipinski definition) is 4. The van der Waals surface area contributed by atoms with Gasteiger partial charge in [-0.1, -0.05) is 0 Å². The Bertz CT molecular complexity index is 332. The molecule has 2 rings (SSSR count). The Morgan fingerprint density at radius 3 is 2.82 bits per heavy atom. The third kappa shape index (κ3) is 3.71. The summed E-state index contributed by atoms with van der Waals surface area (Å²) in [5, 5.41) is 4.24. The molecule has 0 amide bonds. The summed E-state index contributed by atoms with van der Waals surface area (Å²) in [6, 6.07) is 0.381. The summed E-state index contributed by atoms with van der Waals surface area (Å²) in [4.78, 5) is 2.36. The maximum Gasteiger partial charge on any atom is 0.157 e. The molecular formula is C12H21N3O2. The van der Waals surface area contributed by atoms with E-state index in [1.165, 1.54) is 0 Å². The molecule has 5 heteroatoms. The van der Waals surface area contributed by atoms with Crippen molar-refractivity contribution in [2.24, 2.45) is 0 Å². The van der Waals surface area contributed by atoms with Crippen molar-refractivity contribution in [3.8, 4) is 5.75 Å². The topological polar surface area (TPSA) is 39.5 Å². The minimum Gasteiger partial charge on any atom is -0.489 e. The molecule has 0 atom stereocenters. The normalized spacial score (nSPS) is 17.6. The molecule has 1 aliphatic rings. The Labute approximate surface area is 102 Å². The molecule has 0 N–H and O–H groups in total. The molecule has 0 spiro atoms. The first-order chi connectivity index (χ1) is 8.25. The standard InChI is InChI=1S/C12H21N3O2/c1-11(2)15-10-12(9-13-15)17-8-5-14-3-6-16-7-4-14/h9-11H,3-8H2,1-2H3. The molecule has 96 valence electrons. The van der Waals surface area contributed by atoms with Crippen LogP contribution in [0.5, 0.6) is 5.75 Å². The molecule has 0 saturated carbocycles. The van der Waals surface area contributed by atoms with Crippen LogP contribution in [0.25, 0.3) is 0 Å². The predicted molar refractivity (Wildman–Crippen MR) is 65.4 cm³/mol. The van der Waals surface area contributed by atoms with Gasteiger partial charge in [0.1, 0.15) is 6.61 Å². The summed E-state index contributed by atoms with van der Waals surface area (Å²) in [6.45, 7) is 9.56. The van der Waals surface area contributed by atoms with Gasteiger partial charge in [-0.05, 0) is 13.8 Å². The van der Waals surface area contributed by atoms with Gasteiger partial charge in [-0.3, -0.25) is 9.58 Å². The zero-order chi connectivity index (χ0) is 12.1. The summed E-state index contributed by atoms with van der Waals surface area (Å²) >= 11 is 0. The second kappa shape index (κ2) is 6.02. The highest BCUT2D eigenvalue weighted by molar-refractivity contribution is 5.11. The van der Waals surface area contributed by atoms with E-state index in [0.29, 0.717) is 12.6 Å². The number of aromatic nitrogens is 2. The fourth-order valence-electron chi connectivity index (χ4n) is 1.79. The Morgan fingerprint density at radius 2 is 2.18 bits per heavy atom. The molecule has 1 aromatic heterocycles. The Balaban J connectivity index is 1.70. The van der Waals surface area contributed by atoms with Crippen LogP contribution in [0.1, 0.15) is 19.9 Å². The molecule has 5 nitrogen and oxygen atoms in total. The average Bonchev–Trinajstić information content (AvgIpc) is 2.79. The van der Waals surface area contributed by atoms with E-state index in [4.69, 9.17) is 9.47 Å². The van der Waals surface area contributed by atoms with Gasteiger partial charge < -0.3 is 9.47 Å². The van der Waals surface area contributed by atoms with Gasteiger partial charge in [-0.2, -0.15) is 5.10 Å². The molecule has 1 fully saturated rings. The maximum absolute atomic E-state index is 5.67. The van der Waals surface area contributed by atoms with Crippen LogP contribution in [0, 0.1) is 0 Å². The van der Waals surface area contributed by atoms with E-state index in [1.807, 2.05) is 10.9 Å². The van der Waals surface area contributed by atoms with Crippen molar-refractivity contribution in [1.29, 1.82) is 0 Å². The molecule has 1 saturated heterocycles. The lowest BCUT2D eigenvalue weighted by atomic mass is 10.4. The van der Waals surface area contributed by atoms with Gasteiger partial charge in [-0.25, -0.2) is 0 Å². The van der Waals surface area contributed by atoms with E-state index in [2.05, 4.69) is 23.8 Å². The number of rotatable bonds is 5. The second-order valence-electron chi connectivity index (χ2n) is 4.55. The van der Waals surface area contributed by atoms with Crippen molar-refractivity contribution in [3.63, 3.8) is 0 Å². The van der Waals surface area contributed by atoms with Gasteiger partial charge in [0.05, 0.1) is 25.6 Å². The van der Waals surface area contributed by atoms with E-state index in [9.17, 15) is 0 Å². The lowest BCUT2D eigenvalue weighted by molar-refractivity contribution is 0.0322. The third-order valence-electron chi connectivity index (χ3n) is 2.89. The SMILES string of the molecule is CC(C)n1cc(OCCN2CCOCC2)cn1. The smallest absolute Gasteiger partial charge is 0.157 e. The molecule has 0 aliphatic carbocycles. The highest BCUT2D eigenvalue weighted by Gasteiger charge is 2.10. The largest absolute Gasteiger partial charge is 0.489 e.